The molecule has 7 nitrogen and oxygen atoms in total. The average Bonchev–Trinajstić information content (AvgIpc) is 2.99. The maximum atomic E-state index is 10.8. The molecule has 0 aliphatic carbocycles. The van der Waals surface area contributed by atoms with Crippen LogP contribution < -0.4 is 5.32 Å². The van der Waals surface area contributed by atoms with Crippen LogP contribution in [0.5, 0.6) is 0 Å². The van der Waals surface area contributed by atoms with Crippen LogP contribution in [0, 0.1) is 21.4 Å². The summed E-state index contributed by atoms with van der Waals surface area (Å²) in [6, 6.07) is 13.6. The molecule has 0 radical (unpaired) electrons. The minimum Gasteiger partial charge on any atom is -0.374 e. The molecule has 0 bridgehead atoms. The van der Waals surface area contributed by atoms with Gasteiger partial charge in [0.05, 0.1) is 33.2 Å². The summed E-state index contributed by atoms with van der Waals surface area (Å²) in [6.07, 6.45) is 0. The van der Waals surface area contributed by atoms with E-state index in [0.717, 1.165) is 16.9 Å². The lowest BCUT2D eigenvalue weighted by Crippen LogP contribution is -2.09. The minimum absolute atomic E-state index is 0.108. The minimum atomic E-state index is -0.521. The Hall–Kier alpha value is -3.40. The van der Waals surface area contributed by atoms with Crippen LogP contribution in [-0.4, -0.2) is 14.9 Å². The summed E-state index contributed by atoms with van der Waals surface area (Å²) in [6.45, 7) is 1.90. The molecule has 2 N–H and O–H groups in total. The highest BCUT2D eigenvalue weighted by Crippen LogP contribution is 2.25. The van der Waals surface area contributed by atoms with E-state index in [0.29, 0.717) is 5.69 Å². The molecule has 0 amide bonds. The Morgan fingerprint density at radius 1 is 1.35 bits per heavy atom. The van der Waals surface area contributed by atoms with E-state index in [2.05, 4.69) is 15.3 Å². The number of nitrogens with zero attached hydrogens (tertiary/aromatic N) is 3. The number of fused-ring (bicyclic) bond motifs is 1. The van der Waals surface area contributed by atoms with Crippen LogP contribution in [0.4, 0.5) is 11.4 Å². The Morgan fingerprint density at radius 2 is 2.13 bits per heavy atom. The Balaban J connectivity index is 1.89. The Kier molecular flexibility index (Phi) is 3.65. The molecule has 0 fully saturated rings. The van der Waals surface area contributed by atoms with E-state index in [1.165, 1.54) is 18.2 Å². The van der Waals surface area contributed by atoms with Gasteiger partial charge in [-0.25, -0.2) is 4.98 Å². The predicted molar refractivity (Wildman–Crippen MR) is 85.9 cm³/mol. The third-order valence-electron chi connectivity index (χ3n) is 3.52. The molecule has 1 heterocycles. The fourth-order valence-corrected chi connectivity index (χ4v) is 2.34. The quantitative estimate of drug-likeness (QED) is 0.566. The van der Waals surface area contributed by atoms with Gasteiger partial charge >= 0.3 is 0 Å². The number of rotatable bonds is 4. The fourth-order valence-electron chi connectivity index (χ4n) is 2.34. The third-order valence-corrected chi connectivity index (χ3v) is 3.52. The lowest BCUT2D eigenvalue weighted by molar-refractivity contribution is -0.384. The molecule has 23 heavy (non-hydrogen) atoms. The van der Waals surface area contributed by atoms with Gasteiger partial charge in [-0.05, 0) is 25.1 Å². The number of aromatic amines is 1. The monoisotopic (exact) mass is 307 g/mol. The summed E-state index contributed by atoms with van der Waals surface area (Å²) in [5.74, 6) is 0.730. The first-order chi connectivity index (χ1) is 11.1. The molecule has 2 aromatic carbocycles. The summed E-state index contributed by atoms with van der Waals surface area (Å²) < 4.78 is 0. The standard InChI is InChI=1S/C16H13N5O2/c1-10(16-19-14-4-2-3-5-15(14)20-16)18-13-7-6-12(21(22)23)8-11(13)9-17/h2-8,10,18H,1H3,(H,19,20). The summed E-state index contributed by atoms with van der Waals surface area (Å²) in [5, 5.41) is 23.1. The highest BCUT2D eigenvalue weighted by Gasteiger charge is 2.15. The molecular weight excluding hydrogens is 294 g/mol. The molecule has 1 aromatic heterocycles. The molecule has 1 unspecified atom stereocenters. The summed E-state index contributed by atoms with van der Waals surface area (Å²) >= 11 is 0. The van der Waals surface area contributed by atoms with E-state index in [4.69, 9.17) is 0 Å². The van der Waals surface area contributed by atoms with Crippen molar-refractivity contribution in [1.29, 1.82) is 5.26 Å². The zero-order valence-electron chi connectivity index (χ0n) is 12.3. The number of para-hydroxylation sites is 2. The number of hydrogen-bond acceptors (Lipinski definition) is 5. The van der Waals surface area contributed by atoms with E-state index in [1.807, 2.05) is 37.3 Å². The first-order valence-electron chi connectivity index (χ1n) is 6.98. The molecule has 0 aliphatic rings. The fraction of sp³-hybridized carbons (Fsp3) is 0.125. The molecule has 3 aromatic rings. The van der Waals surface area contributed by atoms with Gasteiger partial charge in [0.1, 0.15) is 11.9 Å². The lowest BCUT2D eigenvalue weighted by Gasteiger charge is -2.13. The van der Waals surface area contributed by atoms with Crippen LogP contribution in [0.3, 0.4) is 0 Å². The first-order valence-corrected chi connectivity index (χ1v) is 6.98. The van der Waals surface area contributed by atoms with Crippen molar-refractivity contribution in [3.8, 4) is 6.07 Å². The van der Waals surface area contributed by atoms with E-state index in [9.17, 15) is 15.4 Å². The van der Waals surface area contributed by atoms with Crippen molar-refractivity contribution >= 4 is 22.4 Å². The third kappa shape index (κ3) is 2.82. The molecule has 7 heteroatoms. The van der Waals surface area contributed by atoms with Crippen molar-refractivity contribution in [2.45, 2.75) is 13.0 Å². The first kappa shape index (κ1) is 14.5. The van der Waals surface area contributed by atoms with Crippen LogP contribution >= 0.6 is 0 Å². The number of benzene rings is 2. The number of nitrogens with one attached hydrogen (secondary N) is 2. The summed E-state index contributed by atoms with van der Waals surface area (Å²) in [4.78, 5) is 18.0. The predicted octanol–water partition coefficient (Wildman–Crippen LogP) is 3.52. The molecule has 0 aliphatic heterocycles. The second kappa shape index (κ2) is 5.77. The van der Waals surface area contributed by atoms with Gasteiger partial charge in [0.25, 0.3) is 5.69 Å². The SMILES string of the molecule is CC(Nc1ccc([N+](=O)[O-])cc1C#N)c1nc2ccccc2[nH]1. The van der Waals surface area contributed by atoms with Gasteiger partial charge in [0, 0.05) is 12.1 Å². The summed E-state index contributed by atoms with van der Waals surface area (Å²) in [7, 11) is 0. The Labute approximate surface area is 131 Å². The number of non-ortho nitro benzene ring substituents is 1. The van der Waals surface area contributed by atoms with Crippen LogP contribution in [-0.2, 0) is 0 Å². The van der Waals surface area contributed by atoms with Crippen molar-refractivity contribution in [2.75, 3.05) is 5.32 Å². The van der Waals surface area contributed by atoms with Crippen molar-refractivity contribution in [3.63, 3.8) is 0 Å². The van der Waals surface area contributed by atoms with Crippen molar-refractivity contribution < 1.29 is 4.92 Å². The zero-order chi connectivity index (χ0) is 16.4. The Morgan fingerprint density at radius 3 is 2.83 bits per heavy atom. The molecule has 0 saturated carbocycles. The topological polar surface area (TPSA) is 108 Å². The number of imidazole rings is 1. The maximum absolute atomic E-state index is 10.8. The van der Waals surface area contributed by atoms with Crippen LogP contribution in [0.15, 0.2) is 42.5 Å². The normalized spacial score (nSPS) is 11.8. The van der Waals surface area contributed by atoms with E-state index in [1.54, 1.807) is 0 Å². The lowest BCUT2D eigenvalue weighted by atomic mass is 10.1. The van der Waals surface area contributed by atoms with Gasteiger partial charge < -0.3 is 10.3 Å². The van der Waals surface area contributed by atoms with Gasteiger partial charge in [0.15, 0.2) is 0 Å². The molecular formula is C16H13N5O2. The highest BCUT2D eigenvalue weighted by molar-refractivity contribution is 5.75. The molecule has 0 saturated heterocycles. The maximum Gasteiger partial charge on any atom is 0.270 e. The number of nitriles is 1. The molecule has 0 spiro atoms. The van der Waals surface area contributed by atoms with Crippen molar-refractivity contribution in [2.24, 2.45) is 0 Å². The van der Waals surface area contributed by atoms with Crippen molar-refractivity contribution in [3.05, 3.63) is 64.0 Å². The van der Waals surface area contributed by atoms with Gasteiger partial charge in [-0.1, -0.05) is 12.1 Å². The zero-order valence-corrected chi connectivity index (χ0v) is 12.3. The second-order valence-electron chi connectivity index (χ2n) is 5.10. The van der Waals surface area contributed by atoms with E-state index in [-0.39, 0.29) is 17.3 Å². The van der Waals surface area contributed by atoms with Gasteiger partial charge in [0.2, 0.25) is 0 Å². The van der Waals surface area contributed by atoms with Crippen LogP contribution in [0.2, 0.25) is 0 Å². The van der Waals surface area contributed by atoms with Gasteiger partial charge in [-0.3, -0.25) is 10.1 Å². The van der Waals surface area contributed by atoms with E-state index < -0.39 is 4.92 Å². The van der Waals surface area contributed by atoms with Crippen LogP contribution in [0.25, 0.3) is 11.0 Å². The highest BCUT2D eigenvalue weighted by atomic mass is 16.6. The van der Waals surface area contributed by atoms with Gasteiger partial charge in [-0.15, -0.1) is 0 Å². The number of aromatic nitrogens is 2. The average molecular weight is 307 g/mol. The molecule has 1 atom stereocenters. The number of anilines is 1. The molecule has 114 valence electrons. The number of nitro groups is 1. The van der Waals surface area contributed by atoms with E-state index >= 15 is 0 Å². The van der Waals surface area contributed by atoms with Gasteiger partial charge in [-0.2, -0.15) is 5.26 Å². The van der Waals surface area contributed by atoms with Crippen LogP contribution in [0.1, 0.15) is 24.4 Å². The number of H-pyrrole nitrogens is 1. The van der Waals surface area contributed by atoms with Crippen molar-refractivity contribution in [1.82, 2.24) is 9.97 Å². The molecule has 3 rings (SSSR count). The number of hydrogen-bond donors (Lipinski definition) is 2. The Bertz CT molecular complexity index is 893. The number of nitro benzene ring substituents is 1. The second-order valence-corrected chi connectivity index (χ2v) is 5.10. The summed E-state index contributed by atoms with van der Waals surface area (Å²) in [5.41, 5.74) is 2.44. The largest absolute Gasteiger partial charge is 0.374 e. The smallest absolute Gasteiger partial charge is 0.270 e.